The second kappa shape index (κ2) is 5.91. The second-order valence-corrected chi connectivity index (χ2v) is 5.26. The van der Waals surface area contributed by atoms with Gasteiger partial charge in [-0.05, 0) is 36.5 Å². The van der Waals surface area contributed by atoms with Crippen LogP contribution in [0.25, 0.3) is 0 Å². The number of hydrogen-bond acceptors (Lipinski definition) is 1. The molecular formula is C18H19NO. The number of rotatable bonds is 3. The van der Waals surface area contributed by atoms with Crippen LogP contribution >= 0.6 is 0 Å². The van der Waals surface area contributed by atoms with Crippen LogP contribution in [0.3, 0.4) is 0 Å². The molecule has 0 saturated carbocycles. The van der Waals surface area contributed by atoms with Crippen LogP contribution < -0.4 is 4.90 Å². The molecule has 0 bridgehead atoms. The first-order valence-corrected chi connectivity index (χ1v) is 7.27. The number of amides is 1. The van der Waals surface area contributed by atoms with Gasteiger partial charge in [-0.1, -0.05) is 48.5 Å². The predicted octanol–water partition coefficient (Wildman–Crippen LogP) is 3.60. The first-order chi connectivity index (χ1) is 9.84. The monoisotopic (exact) mass is 265 g/mol. The van der Waals surface area contributed by atoms with E-state index in [0.717, 1.165) is 31.5 Å². The Hall–Kier alpha value is -2.09. The van der Waals surface area contributed by atoms with Gasteiger partial charge in [0.1, 0.15) is 0 Å². The molecule has 2 aromatic carbocycles. The van der Waals surface area contributed by atoms with Crippen LogP contribution in [0.4, 0.5) is 5.69 Å². The molecule has 2 nitrogen and oxygen atoms in total. The maximum absolute atomic E-state index is 12.3. The number of aryl methyl sites for hydroxylation is 1. The standard InChI is InChI=1S/C18H19NO/c20-18-12-6-10-16-9-4-5-11-17(16)19(18)14-13-15-7-2-1-3-8-15/h1-5,7-9,11H,6,10,12-14H2. The van der Waals surface area contributed by atoms with E-state index in [1.165, 1.54) is 11.1 Å². The van der Waals surface area contributed by atoms with Crippen LogP contribution in [-0.2, 0) is 17.6 Å². The van der Waals surface area contributed by atoms with Crippen LogP contribution in [0.5, 0.6) is 0 Å². The molecule has 1 amide bonds. The highest BCUT2D eigenvalue weighted by Gasteiger charge is 2.21. The van der Waals surface area contributed by atoms with Gasteiger partial charge >= 0.3 is 0 Å². The van der Waals surface area contributed by atoms with E-state index in [9.17, 15) is 4.79 Å². The molecule has 0 saturated heterocycles. The summed E-state index contributed by atoms with van der Waals surface area (Å²) in [5.74, 6) is 0.255. The molecule has 0 atom stereocenters. The summed E-state index contributed by atoms with van der Waals surface area (Å²) in [5.41, 5.74) is 3.68. The molecule has 2 heteroatoms. The van der Waals surface area contributed by atoms with Crippen molar-refractivity contribution < 1.29 is 4.79 Å². The molecule has 0 aromatic heterocycles. The summed E-state index contributed by atoms with van der Waals surface area (Å²) in [6.07, 6.45) is 3.52. The third-order valence-electron chi connectivity index (χ3n) is 3.89. The number of nitrogens with zero attached hydrogens (tertiary/aromatic N) is 1. The molecule has 0 radical (unpaired) electrons. The Morgan fingerprint density at radius 1 is 0.900 bits per heavy atom. The smallest absolute Gasteiger partial charge is 0.227 e. The van der Waals surface area contributed by atoms with Crippen LogP contribution in [0.15, 0.2) is 54.6 Å². The van der Waals surface area contributed by atoms with Gasteiger partial charge in [0.05, 0.1) is 0 Å². The van der Waals surface area contributed by atoms with Crippen molar-refractivity contribution in [1.29, 1.82) is 0 Å². The van der Waals surface area contributed by atoms with Crippen LogP contribution in [0, 0.1) is 0 Å². The first kappa shape index (κ1) is 12.9. The van der Waals surface area contributed by atoms with E-state index >= 15 is 0 Å². The zero-order chi connectivity index (χ0) is 13.8. The Balaban J connectivity index is 1.81. The topological polar surface area (TPSA) is 20.3 Å². The quantitative estimate of drug-likeness (QED) is 0.830. The van der Waals surface area contributed by atoms with Gasteiger partial charge in [-0.15, -0.1) is 0 Å². The highest BCUT2D eigenvalue weighted by Crippen LogP contribution is 2.26. The highest BCUT2D eigenvalue weighted by molar-refractivity contribution is 5.94. The van der Waals surface area contributed by atoms with Crippen molar-refractivity contribution in [2.24, 2.45) is 0 Å². The first-order valence-electron chi connectivity index (χ1n) is 7.27. The lowest BCUT2D eigenvalue weighted by Gasteiger charge is -2.23. The number of carbonyl (C=O) groups is 1. The molecule has 0 fully saturated rings. The maximum atomic E-state index is 12.3. The van der Waals surface area contributed by atoms with E-state index in [1.54, 1.807) is 0 Å². The molecule has 0 aliphatic carbocycles. The van der Waals surface area contributed by atoms with Crippen LogP contribution in [0.1, 0.15) is 24.0 Å². The molecule has 1 aliphatic rings. The summed E-state index contributed by atoms with van der Waals surface area (Å²) < 4.78 is 0. The summed E-state index contributed by atoms with van der Waals surface area (Å²) in [5, 5.41) is 0. The fraction of sp³-hybridized carbons (Fsp3) is 0.278. The van der Waals surface area contributed by atoms with Gasteiger partial charge in [0.15, 0.2) is 0 Å². The van der Waals surface area contributed by atoms with Gasteiger partial charge in [0.25, 0.3) is 0 Å². The van der Waals surface area contributed by atoms with Gasteiger partial charge in [-0.2, -0.15) is 0 Å². The van der Waals surface area contributed by atoms with E-state index < -0.39 is 0 Å². The molecule has 3 rings (SSSR count). The molecule has 2 aromatic rings. The van der Waals surface area contributed by atoms with Crippen molar-refractivity contribution in [2.75, 3.05) is 11.4 Å². The molecule has 1 heterocycles. The zero-order valence-electron chi connectivity index (χ0n) is 11.6. The van der Waals surface area contributed by atoms with Crippen LogP contribution in [-0.4, -0.2) is 12.5 Å². The molecule has 20 heavy (non-hydrogen) atoms. The van der Waals surface area contributed by atoms with Crippen molar-refractivity contribution in [2.45, 2.75) is 25.7 Å². The summed E-state index contributed by atoms with van der Waals surface area (Å²) in [7, 11) is 0. The Labute approximate surface area is 120 Å². The van der Waals surface area contributed by atoms with Gasteiger partial charge in [0.2, 0.25) is 5.91 Å². The van der Waals surface area contributed by atoms with E-state index in [1.807, 2.05) is 29.2 Å². The van der Waals surface area contributed by atoms with Crippen molar-refractivity contribution in [3.05, 3.63) is 65.7 Å². The largest absolute Gasteiger partial charge is 0.312 e. The maximum Gasteiger partial charge on any atom is 0.227 e. The third kappa shape index (κ3) is 2.74. The van der Waals surface area contributed by atoms with E-state index in [2.05, 4.69) is 30.3 Å². The van der Waals surface area contributed by atoms with Crippen molar-refractivity contribution in [3.8, 4) is 0 Å². The van der Waals surface area contributed by atoms with Gasteiger partial charge < -0.3 is 4.90 Å². The van der Waals surface area contributed by atoms with Crippen molar-refractivity contribution in [3.63, 3.8) is 0 Å². The Kier molecular flexibility index (Phi) is 3.82. The van der Waals surface area contributed by atoms with Gasteiger partial charge in [-0.3, -0.25) is 4.79 Å². The van der Waals surface area contributed by atoms with E-state index in [0.29, 0.717) is 6.42 Å². The van der Waals surface area contributed by atoms with E-state index in [4.69, 9.17) is 0 Å². The number of benzene rings is 2. The molecule has 1 aliphatic heterocycles. The fourth-order valence-electron chi connectivity index (χ4n) is 2.82. The second-order valence-electron chi connectivity index (χ2n) is 5.26. The normalized spacial score (nSPS) is 14.8. The van der Waals surface area contributed by atoms with E-state index in [-0.39, 0.29) is 5.91 Å². The number of hydrogen-bond donors (Lipinski definition) is 0. The number of anilines is 1. The summed E-state index contributed by atoms with van der Waals surface area (Å²) >= 11 is 0. The van der Waals surface area contributed by atoms with Crippen molar-refractivity contribution in [1.82, 2.24) is 0 Å². The Bertz CT molecular complexity index is 591. The summed E-state index contributed by atoms with van der Waals surface area (Å²) in [4.78, 5) is 14.3. The van der Waals surface area contributed by atoms with Crippen molar-refractivity contribution >= 4 is 11.6 Å². The minimum Gasteiger partial charge on any atom is -0.312 e. The highest BCUT2D eigenvalue weighted by atomic mass is 16.2. The summed E-state index contributed by atoms with van der Waals surface area (Å²) in [6.45, 7) is 0.764. The zero-order valence-corrected chi connectivity index (χ0v) is 11.6. The fourth-order valence-corrected chi connectivity index (χ4v) is 2.82. The molecule has 0 unspecified atom stereocenters. The van der Waals surface area contributed by atoms with Gasteiger partial charge in [0, 0.05) is 18.7 Å². The Morgan fingerprint density at radius 3 is 2.50 bits per heavy atom. The minimum atomic E-state index is 0.255. The molecule has 0 spiro atoms. The van der Waals surface area contributed by atoms with Gasteiger partial charge in [-0.25, -0.2) is 0 Å². The average Bonchev–Trinajstić information content (AvgIpc) is 2.65. The lowest BCUT2D eigenvalue weighted by Crippen LogP contribution is -2.32. The van der Waals surface area contributed by atoms with Crippen LogP contribution in [0.2, 0.25) is 0 Å². The number of carbonyl (C=O) groups excluding carboxylic acids is 1. The number of fused-ring (bicyclic) bond motifs is 1. The molecule has 0 N–H and O–H groups in total. The lowest BCUT2D eigenvalue weighted by atomic mass is 10.1. The minimum absolute atomic E-state index is 0.255. The summed E-state index contributed by atoms with van der Waals surface area (Å²) in [6, 6.07) is 18.7. The molecule has 102 valence electrons. The SMILES string of the molecule is O=C1CCCc2ccccc2N1CCc1ccccc1. The molecular weight excluding hydrogens is 246 g/mol. The number of para-hydroxylation sites is 1. The average molecular weight is 265 g/mol. The Morgan fingerprint density at radius 2 is 1.65 bits per heavy atom. The predicted molar refractivity (Wildman–Crippen MR) is 81.9 cm³/mol. The third-order valence-corrected chi connectivity index (χ3v) is 3.89. The lowest BCUT2D eigenvalue weighted by molar-refractivity contribution is -0.118.